The average molecular weight is 439 g/mol. The number of alkyl halides is 3. The van der Waals surface area contributed by atoms with Gasteiger partial charge in [-0.05, 0) is 44.6 Å². The van der Waals surface area contributed by atoms with Crippen molar-refractivity contribution in [2.45, 2.75) is 56.8 Å². The van der Waals surface area contributed by atoms with Gasteiger partial charge in [-0.15, -0.1) is 5.10 Å². The molecule has 2 fully saturated rings. The van der Waals surface area contributed by atoms with Crippen LogP contribution < -0.4 is 10.4 Å². The van der Waals surface area contributed by atoms with Crippen molar-refractivity contribution in [2.75, 3.05) is 13.1 Å². The van der Waals surface area contributed by atoms with E-state index in [9.17, 15) is 22.8 Å². The zero-order valence-corrected chi connectivity index (χ0v) is 17.1. The number of piperidine rings is 1. The second kappa shape index (κ2) is 8.35. The fourth-order valence-corrected chi connectivity index (χ4v) is 4.19. The molecule has 1 amide bonds. The zero-order valence-electron chi connectivity index (χ0n) is 17.1. The van der Waals surface area contributed by atoms with Crippen molar-refractivity contribution in [3.05, 3.63) is 40.2 Å². The second-order valence-corrected chi connectivity index (χ2v) is 8.04. The first-order chi connectivity index (χ1) is 14.7. The third kappa shape index (κ3) is 4.45. The standard InChI is InChI=1S/C20H24F3N5O3/c1-26-18(20(21,22)23)25-28(19(26)30)14-8-10-27(11-9-14)17(29)13-6-7-16(24-12-13)31-15-4-2-3-5-15/h6-7,12,14-15H,2-5,8-11H2,1H3. The van der Waals surface area contributed by atoms with Crippen LogP contribution in [0.3, 0.4) is 0 Å². The summed E-state index contributed by atoms with van der Waals surface area (Å²) in [5.41, 5.74) is -0.384. The smallest absolute Gasteiger partial charge is 0.451 e. The predicted molar refractivity (Wildman–Crippen MR) is 104 cm³/mol. The molecule has 4 rings (SSSR count). The number of ether oxygens (including phenoxy) is 1. The van der Waals surface area contributed by atoms with Crippen molar-refractivity contribution >= 4 is 5.91 Å². The summed E-state index contributed by atoms with van der Waals surface area (Å²) in [7, 11) is 1.06. The van der Waals surface area contributed by atoms with Gasteiger partial charge >= 0.3 is 11.9 Å². The molecule has 1 saturated heterocycles. The first-order valence-corrected chi connectivity index (χ1v) is 10.4. The molecule has 1 saturated carbocycles. The van der Waals surface area contributed by atoms with Crippen molar-refractivity contribution in [1.29, 1.82) is 0 Å². The topological polar surface area (TPSA) is 82.2 Å². The third-order valence-electron chi connectivity index (χ3n) is 5.93. The lowest BCUT2D eigenvalue weighted by atomic mass is 10.0. The lowest BCUT2D eigenvalue weighted by Gasteiger charge is -2.31. The Balaban J connectivity index is 1.37. The van der Waals surface area contributed by atoms with Gasteiger partial charge in [0.15, 0.2) is 0 Å². The highest BCUT2D eigenvalue weighted by atomic mass is 19.4. The van der Waals surface area contributed by atoms with Crippen LogP contribution in [-0.4, -0.2) is 49.3 Å². The summed E-state index contributed by atoms with van der Waals surface area (Å²) in [4.78, 5) is 30.8. The SMILES string of the molecule is Cn1c(C(F)(F)F)nn(C2CCN(C(=O)c3ccc(OC4CCCC4)nc3)CC2)c1=O. The molecule has 168 valence electrons. The summed E-state index contributed by atoms with van der Waals surface area (Å²) in [6, 6.07) is 2.87. The Kier molecular flexibility index (Phi) is 5.76. The van der Waals surface area contributed by atoms with Crippen molar-refractivity contribution in [1.82, 2.24) is 24.2 Å². The summed E-state index contributed by atoms with van der Waals surface area (Å²) >= 11 is 0. The largest absolute Gasteiger partial charge is 0.474 e. The van der Waals surface area contributed by atoms with Gasteiger partial charge in [0.2, 0.25) is 11.7 Å². The van der Waals surface area contributed by atoms with Crippen LogP contribution in [0.5, 0.6) is 5.88 Å². The molecule has 0 atom stereocenters. The maximum atomic E-state index is 13.0. The van der Waals surface area contributed by atoms with E-state index >= 15 is 0 Å². The minimum absolute atomic E-state index is 0.181. The summed E-state index contributed by atoms with van der Waals surface area (Å²) in [6.45, 7) is 0.627. The zero-order chi connectivity index (χ0) is 22.2. The molecule has 1 aliphatic carbocycles. The molecule has 0 unspecified atom stereocenters. The number of hydrogen-bond donors (Lipinski definition) is 0. The number of carbonyl (C=O) groups is 1. The molecule has 0 bridgehead atoms. The molecule has 2 aliphatic rings. The van der Waals surface area contributed by atoms with Crippen molar-refractivity contribution in [3.8, 4) is 5.88 Å². The Morgan fingerprint density at radius 1 is 1.13 bits per heavy atom. The first kappa shape index (κ1) is 21.4. The van der Waals surface area contributed by atoms with Gasteiger partial charge in [-0.1, -0.05) is 0 Å². The molecule has 3 heterocycles. The van der Waals surface area contributed by atoms with Gasteiger partial charge in [-0.25, -0.2) is 14.5 Å². The Bertz CT molecular complexity index is 985. The van der Waals surface area contributed by atoms with E-state index in [0.717, 1.165) is 37.4 Å². The van der Waals surface area contributed by atoms with Gasteiger partial charge in [-0.2, -0.15) is 13.2 Å². The number of nitrogens with zero attached hydrogens (tertiary/aromatic N) is 5. The van der Waals surface area contributed by atoms with Crippen LogP contribution in [0.15, 0.2) is 23.1 Å². The minimum Gasteiger partial charge on any atom is -0.474 e. The predicted octanol–water partition coefficient (Wildman–Crippen LogP) is 2.79. The van der Waals surface area contributed by atoms with Gasteiger partial charge in [0.1, 0.15) is 6.10 Å². The molecule has 0 N–H and O–H groups in total. The first-order valence-electron chi connectivity index (χ1n) is 10.4. The van der Waals surface area contributed by atoms with E-state index in [4.69, 9.17) is 4.74 Å². The highest BCUT2D eigenvalue weighted by Crippen LogP contribution is 2.28. The van der Waals surface area contributed by atoms with Crippen molar-refractivity contribution < 1.29 is 22.7 Å². The molecular formula is C20H24F3N5O3. The van der Waals surface area contributed by atoms with Crippen LogP contribution in [0.25, 0.3) is 0 Å². The molecule has 1 aliphatic heterocycles. The maximum Gasteiger partial charge on any atom is 0.451 e. The van der Waals surface area contributed by atoms with E-state index in [-0.39, 0.29) is 12.0 Å². The van der Waals surface area contributed by atoms with Crippen LogP contribution in [0.1, 0.15) is 60.7 Å². The highest BCUT2D eigenvalue weighted by Gasteiger charge is 2.39. The van der Waals surface area contributed by atoms with Crippen molar-refractivity contribution in [3.63, 3.8) is 0 Å². The molecule has 0 spiro atoms. The number of halogens is 3. The molecule has 0 aromatic carbocycles. The Morgan fingerprint density at radius 3 is 2.35 bits per heavy atom. The maximum absolute atomic E-state index is 13.0. The number of likely N-dealkylation sites (tertiary alicyclic amines) is 1. The Morgan fingerprint density at radius 2 is 1.81 bits per heavy atom. The van der Waals surface area contributed by atoms with Gasteiger partial charge in [0.25, 0.3) is 5.91 Å². The fourth-order valence-electron chi connectivity index (χ4n) is 4.19. The van der Waals surface area contributed by atoms with E-state index in [1.54, 1.807) is 17.0 Å². The number of rotatable bonds is 4. The van der Waals surface area contributed by atoms with Crippen molar-refractivity contribution in [2.24, 2.45) is 7.05 Å². The summed E-state index contributed by atoms with van der Waals surface area (Å²) in [5.74, 6) is -0.929. The quantitative estimate of drug-likeness (QED) is 0.732. The monoisotopic (exact) mass is 439 g/mol. The molecule has 2 aromatic rings. The van der Waals surface area contributed by atoms with Crippen LogP contribution in [0.4, 0.5) is 13.2 Å². The van der Waals surface area contributed by atoms with E-state index < -0.39 is 23.7 Å². The summed E-state index contributed by atoms with van der Waals surface area (Å²) < 4.78 is 46.2. The number of aromatic nitrogens is 4. The Hall–Kier alpha value is -2.85. The van der Waals surface area contributed by atoms with Gasteiger partial charge in [-0.3, -0.25) is 9.36 Å². The summed E-state index contributed by atoms with van der Waals surface area (Å²) in [5, 5.41) is 3.50. The van der Waals surface area contributed by atoms with Crippen LogP contribution >= 0.6 is 0 Å². The van der Waals surface area contributed by atoms with Gasteiger partial charge in [0.05, 0.1) is 11.6 Å². The fraction of sp³-hybridized carbons (Fsp3) is 0.600. The number of amides is 1. The van der Waals surface area contributed by atoms with Crippen LogP contribution in [0, 0.1) is 0 Å². The Labute approximate surface area is 176 Å². The average Bonchev–Trinajstić information content (AvgIpc) is 3.36. The lowest BCUT2D eigenvalue weighted by Crippen LogP contribution is -2.41. The molecule has 11 heteroatoms. The number of hydrogen-bond acceptors (Lipinski definition) is 5. The normalized spacial score (nSPS) is 18.5. The summed E-state index contributed by atoms with van der Waals surface area (Å²) in [6.07, 6.45) is 1.99. The van der Waals surface area contributed by atoms with Gasteiger partial charge < -0.3 is 9.64 Å². The molecule has 2 aromatic heterocycles. The van der Waals surface area contributed by atoms with E-state index in [1.165, 1.54) is 6.20 Å². The molecule has 0 radical (unpaired) electrons. The highest BCUT2D eigenvalue weighted by molar-refractivity contribution is 5.94. The lowest BCUT2D eigenvalue weighted by molar-refractivity contribution is -0.147. The molecule has 8 nitrogen and oxygen atoms in total. The minimum atomic E-state index is -4.70. The number of carbonyl (C=O) groups excluding carboxylic acids is 1. The van der Waals surface area contributed by atoms with Crippen LogP contribution in [0.2, 0.25) is 0 Å². The third-order valence-corrected chi connectivity index (χ3v) is 5.93. The van der Waals surface area contributed by atoms with E-state index in [0.29, 0.717) is 41.9 Å². The molecule has 31 heavy (non-hydrogen) atoms. The second-order valence-electron chi connectivity index (χ2n) is 8.04. The van der Waals surface area contributed by atoms with Crippen LogP contribution in [-0.2, 0) is 13.2 Å². The molecular weight excluding hydrogens is 415 g/mol. The van der Waals surface area contributed by atoms with Gasteiger partial charge in [0, 0.05) is 32.4 Å². The number of pyridine rings is 1. The van der Waals surface area contributed by atoms with E-state index in [1.807, 2.05) is 0 Å². The van der Waals surface area contributed by atoms with E-state index in [2.05, 4.69) is 10.1 Å².